The molecule has 3 rings (SSSR count). The highest BCUT2D eigenvalue weighted by molar-refractivity contribution is 6.30. The Hall–Kier alpha value is -3.03. The smallest absolute Gasteiger partial charge is 0.265 e. The van der Waals surface area contributed by atoms with E-state index in [1.54, 1.807) is 12.1 Å². The van der Waals surface area contributed by atoms with Crippen molar-refractivity contribution in [2.24, 2.45) is 5.73 Å². The number of hydrogen-bond acceptors (Lipinski definition) is 1. The molecule has 1 heterocycles. The Morgan fingerprint density at radius 1 is 1.29 bits per heavy atom. The fourth-order valence-electron chi connectivity index (χ4n) is 2.47. The Morgan fingerprint density at radius 2 is 2.08 bits per heavy atom. The molecule has 24 heavy (non-hydrogen) atoms. The van der Waals surface area contributed by atoms with Crippen LogP contribution < -0.4 is 5.73 Å². The molecule has 1 aromatic heterocycles. The van der Waals surface area contributed by atoms with E-state index in [-0.39, 0.29) is 10.7 Å². The van der Waals surface area contributed by atoms with Gasteiger partial charge >= 0.3 is 0 Å². The largest absolute Gasteiger partial charge is 0.364 e. The number of H-pyrrole nitrogens is 1. The zero-order chi connectivity index (χ0) is 17.3. The van der Waals surface area contributed by atoms with Gasteiger partial charge in [-0.15, -0.1) is 0 Å². The van der Waals surface area contributed by atoms with Crippen LogP contribution in [-0.4, -0.2) is 10.9 Å². The van der Waals surface area contributed by atoms with E-state index in [1.165, 1.54) is 18.2 Å². The number of carbonyl (C=O) groups excluding carboxylic acids is 1. The molecule has 0 radical (unpaired) electrons. The van der Waals surface area contributed by atoms with Gasteiger partial charge in [-0.05, 0) is 42.0 Å². The first-order valence-corrected chi connectivity index (χ1v) is 7.42. The number of benzene rings is 2. The summed E-state index contributed by atoms with van der Waals surface area (Å²) in [5.74, 6) is 4.63. The average molecular weight is 339 g/mol. The van der Waals surface area contributed by atoms with Gasteiger partial charge in [0.25, 0.3) is 5.91 Å². The van der Waals surface area contributed by atoms with E-state index < -0.39 is 11.7 Å². The molecule has 1 amide bonds. The van der Waals surface area contributed by atoms with Crippen LogP contribution in [0.4, 0.5) is 4.39 Å². The zero-order valence-corrected chi connectivity index (χ0v) is 13.2. The highest BCUT2D eigenvalue weighted by Gasteiger charge is 2.13. The van der Waals surface area contributed by atoms with E-state index in [0.717, 1.165) is 5.39 Å². The monoisotopic (exact) mass is 338 g/mol. The van der Waals surface area contributed by atoms with Crippen molar-refractivity contribution in [3.8, 4) is 23.0 Å². The van der Waals surface area contributed by atoms with Crippen molar-refractivity contribution in [3.05, 3.63) is 71.2 Å². The van der Waals surface area contributed by atoms with Gasteiger partial charge in [0.05, 0.1) is 10.5 Å². The number of carbonyl (C=O) groups is 1. The second-order valence-electron chi connectivity index (χ2n) is 5.14. The Labute approximate surface area is 142 Å². The molecule has 2 aromatic carbocycles. The van der Waals surface area contributed by atoms with Crippen molar-refractivity contribution in [2.75, 3.05) is 0 Å². The highest BCUT2D eigenvalue weighted by atomic mass is 35.5. The van der Waals surface area contributed by atoms with Crippen molar-refractivity contribution in [1.82, 2.24) is 4.98 Å². The lowest BCUT2D eigenvalue weighted by Gasteiger charge is -2.06. The predicted octanol–water partition coefficient (Wildman–Crippen LogP) is 4.26. The molecule has 0 aliphatic heterocycles. The summed E-state index contributed by atoms with van der Waals surface area (Å²) >= 11 is 5.75. The number of primary amides is 1. The first kappa shape index (κ1) is 15.9. The first-order chi connectivity index (χ1) is 11.5. The fraction of sp³-hybridized carbons (Fsp3) is 0. The predicted molar refractivity (Wildman–Crippen MR) is 94.3 cm³/mol. The second-order valence-corrected chi connectivity index (χ2v) is 5.54. The van der Waals surface area contributed by atoms with Crippen LogP contribution in [0.1, 0.15) is 16.1 Å². The maximum atomic E-state index is 13.8. The van der Waals surface area contributed by atoms with E-state index in [4.69, 9.17) is 17.3 Å². The van der Waals surface area contributed by atoms with Crippen LogP contribution in [0, 0.1) is 17.7 Å². The molecular formula is C19H12ClFN2O. The Bertz CT molecular complexity index is 1040. The number of aromatic nitrogens is 1. The summed E-state index contributed by atoms with van der Waals surface area (Å²) in [5.41, 5.74) is 8.31. The van der Waals surface area contributed by atoms with Gasteiger partial charge in [-0.2, -0.15) is 0 Å². The van der Waals surface area contributed by atoms with Crippen LogP contribution in [0.3, 0.4) is 0 Å². The minimum absolute atomic E-state index is 0.0434. The topological polar surface area (TPSA) is 58.9 Å². The number of amides is 1. The first-order valence-electron chi connectivity index (χ1n) is 7.04. The van der Waals surface area contributed by atoms with Crippen molar-refractivity contribution in [1.29, 1.82) is 0 Å². The average Bonchev–Trinajstić information content (AvgIpc) is 2.99. The summed E-state index contributed by atoms with van der Waals surface area (Å²) in [4.78, 5) is 14.4. The number of allylic oxidation sites excluding steroid dienone is 1. The lowest BCUT2D eigenvalue weighted by Crippen LogP contribution is -2.10. The molecular weight excluding hydrogens is 327 g/mol. The van der Waals surface area contributed by atoms with Crippen molar-refractivity contribution < 1.29 is 9.18 Å². The summed E-state index contributed by atoms with van der Waals surface area (Å²) in [6.45, 7) is 3.56. The SMILES string of the molecule is C=CC#Cc1cc(-c2ccc(Cl)c(F)c2)c2[nH]c(C(N)=O)cc2c1. The van der Waals surface area contributed by atoms with Gasteiger partial charge < -0.3 is 10.7 Å². The Balaban J connectivity index is 2.31. The standard InChI is InChI=1S/C19H12ClFN2O/c1-2-3-4-11-7-13-10-17(19(22)24)23-18(13)14(8-11)12-5-6-15(20)16(21)9-12/h2,5-10,23H,1H2,(H2,22,24). The van der Waals surface area contributed by atoms with Crippen molar-refractivity contribution >= 4 is 28.4 Å². The van der Waals surface area contributed by atoms with Gasteiger partial charge in [0.15, 0.2) is 0 Å². The fourth-order valence-corrected chi connectivity index (χ4v) is 2.59. The molecule has 0 saturated heterocycles. The maximum absolute atomic E-state index is 13.8. The molecule has 118 valence electrons. The summed E-state index contributed by atoms with van der Waals surface area (Å²) in [5, 5.41) is 0.798. The molecule has 0 saturated carbocycles. The van der Waals surface area contributed by atoms with Gasteiger partial charge in [-0.3, -0.25) is 4.79 Å². The quantitative estimate of drug-likeness (QED) is 0.674. The minimum Gasteiger partial charge on any atom is -0.364 e. The molecule has 3 nitrogen and oxygen atoms in total. The van der Waals surface area contributed by atoms with E-state index in [1.807, 2.05) is 12.1 Å². The van der Waals surface area contributed by atoms with Gasteiger partial charge in [0.1, 0.15) is 11.5 Å². The molecule has 0 bridgehead atoms. The number of aromatic amines is 1. The molecule has 5 heteroatoms. The molecule has 0 spiro atoms. The van der Waals surface area contributed by atoms with E-state index >= 15 is 0 Å². The third kappa shape index (κ3) is 2.90. The van der Waals surface area contributed by atoms with Crippen LogP contribution >= 0.6 is 11.6 Å². The number of nitrogens with two attached hydrogens (primary N) is 1. The lowest BCUT2D eigenvalue weighted by atomic mass is 10.00. The van der Waals surface area contributed by atoms with Gasteiger partial charge in [0.2, 0.25) is 0 Å². The molecule has 0 aliphatic rings. The van der Waals surface area contributed by atoms with E-state index in [9.17, 15) is 9.18 Å². The van der Waals surface area contributed by atoms with Crippen LogP contribution in [0.15, 0.2) is 49.1 Å². The van der Waals surface area contributed by atoms with Gasteiger partial charge in [-0.25, -0.2) is 4.39 Å². The van der Waals surface area contributed by atoms with Crippen molar-refractivity contribution in [3.63, 3.8) is 0 Å². The third-order valence-electron chi connectivity index (χ3n) is 3.54. The third-order valence-corrected chi connectivity index (χ3v) is 3.85. The number of nitrogens with one attached hydrogen (secondary N) is 1. The van der Waals surface area contributed by atoms with E-state index in [2.05, 4.69) is 23.4 Å². The summed E-state index contributed by atoms with van der Waals surface area (Å²) in [7, 11) is 0. The molecule has 0 aliphatic carbocycles. The summed E-state index contributed by atoms with van der Waals surface area (Å²) in [6, 6.07) is 9.81. The molecule has 3 N–H and O–H groups in total. The zero-order valence-electron chi connectivity index (χ0n) is 12.5. The van der Waals surface area contributed by atoms with E-state index in [0.29, 0.717) is 22.2 Å². The molecule has 0 atom stereocenters. The minimum atomic E-state index is -0.571. The van der Waals surface area contributed by atoms with Gasteiger partial charge in [0, 0.05) is 16.5 Å². The van der Waals surface area contributed by atoms with Crippen LogP contribution in [-0.2, 0) is 0 Å². The van der Waals surface area contributed by atoms with Crippen LogP contribution in [0.5, 0.6) is 0 Å². The second kappa shape index (κ2) is 6.23. The lowest BCUT2D eigenvalue weighted by molar-refractivity contribution is 0.0996. The number of hydrogen-bond donors (Lipinski definition) is 2. The summed E-state index contributed by atoms with van der Waals surface area (Å²) in [6.07, 6.45) is 1.48. The molecule has 3 aromatic rings. The highest BCUT2D eigenvalue weighted by Crippen LogP contribution is 2.32. The van der Waals surface area contributed by atoms with Crippen molar-refractivity contribution in [2.45, 2.75) is 0 Å². The number of fused-ring (bicyclic) bond motifs is 1. The molecule has 0 unspecified atom stereocenters. The number of halogens is 2. The maximum Gasteiger partial charge on any atom is 0.265 e. The molecule has 0 fully saturated rings. The number of rotatable bonds is 2. The Kier molecular flexibility index (Phi) is 4.11. The van der Waals surface area contributed by atoms with Crippen LogP contribution in [0.25, 0.3) is 22.0 Å². The van der Waals surface area contributed by atoms with Gasteiger partial charge in [-0.1, -0.05) is 36.1 Å². The van der Waals surface area contributed by atoms with Crippen LogP contribution in [0.2, 0.25) is 5.02 Å². The Morgan fingerprint density at radius 3 is 2.75 bits per heavy atom. The summed E-state index contributed by atoms with van der Waals surface area (Å²) < 4.78 is 13.8. The normalized spacial score (nSPS) is 10.2.